The third-order valence-electron chi connectivity index (χ3n) is 9.15. The number of carboxylic acids is 1. The Morgan fingerprint density at radius 2 is 1.82 bits per heavy atom. The number of carbonyl (C=O) groups is 1. The van der Waals surface area contributed by atoms with Gasteiger partial charge in [-0.05, 0) is 67.8 Å². The minimum absolute atomic E-state index is 0.373. The predicted molar refractivity (Wildman–Crippen MR) is 153 cm³/mol. The molecule has 6 heteroatoms. The molecule has 202 valence electrons. The molecular formula is C32H41N3O3. The Balaban J connectivity index is 1.38. The molecule has 3 heterocycles. The molecule has 0 amide bonds. The van der Waals surface area contributed by atoms with E-state index in [1.165, 1.54) is 79.4 Å². The van der Waals surface area contributed by atoms with Crippen LogP contribution in [-0.2, 0) is 11.3 Å². The first-order valence-electron chi connectivity index (χ1n) is 14.6. The lowest BCUT2D eigenvalue weighted by atomic mass is 9.81. The van der Waals surface area contributed by atoms with E-state index >= 15 is 0 Å². The number of carboxylic acid groups (broad SMARTS) is 1. The Morgan fingerprint density at radius 1 is 0.974 bits per heavy atom. The topological polar surface area (TPSA) is 57.9 Å². The first-order valence-corrected chi connectivity index (χ1v) is 14.6. The smallest absolute Gasteiger partial charge is 0.335 e. The lowest BCUT2D eigenvalue weighted by molar-refractivity contribution is 0.0697. The number of ether oxygens (including phenoxy) is 1. The number of nitrogens with zero attached hydrogens (tertiary/aromatic N) is 3. The lowest BCUT2D eigenvalue weighted by Crippen LogP contribution is -2.42. The predicted octanol–water partition coefficient (Wildman–Crippen LogP) is 6.23. The maximum absolute atomic E-state index is 11.9. The Kier molecular flexibility index (Phi) is 7.44. The number of aromatic nitrogens is 1. The molecule has 38 heavy (non-hydrogen) atoms. The van der Waals surface area contributed by atoms with Crippen LogP contribution in [0.25, 0.3) is 22.2 Å². The monoisotopic (exact) mass is 515 g/mol. The summed E-state index contributed by atoms with van der Waals surface area (Å²) in [5.41, 5.74) is 6.84. The number of piperidine rings is 1. The second-order valence-electron chi connectivity index (χ2n) is 11.6. The third-order valence-corrected chi connectivity index (χ3v) is 9.15. The van der Waals surface area contributed by atoms with Gasteiger partial charge in [-0.2, -0.15) is 0 Å². The van der Waals surface area contributed by atoms with Gasteiger partial charge in [0.25, 0.3) is 0 Å². The van der Waals surface area contributed by atoms with E-state index in [-0.39, 0.29) is 0 Å². The van der Waals surface area contributed by atoms with Gasteiger partial charge in [-0.15, -0.1) is 0 Å². The van der Waals surface area contributed by atoms with Crippen molar-refractivity contribution >= 4 is 22.6 Å². The molecule has 1 atom stereocenters. The quantitative estimate of drug-likeness (QED) is 0.404. The SMILES string of the molecule is COCC1CCCN(CCN2CCn3c(c(C4CCCCC4)c4ccc(C(=O)O)cc43)-c3ccccc32)C1. The summed E-state index contributed by atoms with van der Waals surface area (Å²) < 4.78 is 7.90. The third kappa shape index (κ3) is 4.85. The van der Waals surface area contributed by atoms with Gasteiger partial charge in [-0.25, -0.2) is 4.79 Å². The van der Waals surface area contributed by atoms with Crippen LogP contribution >= 0.6 is 0 Å². The number of rotatable bonds is 7. The molecule has 2 aliphatic heterocycles. The van der Waals surface area contributed by atoms with Gasteiger partial charge in [-0.3, -0.25) is 0 Å². The number of hydrogen-bond donors (Lipinski definition) is 1. The van der Waals surface area contributed by atoms with Crippen LogP contribution in [0.4, 0.5) is 5.69 Å². The molecule has 0 radical (unpaired) electrons. The maximum Gasteiger partial charge on any atom is 0.335 e. The van der Waals surface area contributed by atoms with Crippen molar-refractivity contribution in [3.63, 3.8) is 0 Å². The van der Waals surface area contributed by atoms with Crippen molar-refractivity contribution in [2.75, 3.05) is 51.3 Å². The molecule has 1 saturated carbocycles. The van der Waals surface area contributed by atoms with Crippen LogP contribution in [0.2, 0.25) is 0 Å². The van der Waals surface area contributed by atoms with Gasteiger partial charge in [0.15, 0.2) is 0 Å². The first-order chi connectivity index (χ1) is 18.6. The molecule has 0 spiro atoms. The van der Waals surface area contributed by atoms with E-state index in [1.54, 1.807) is 6.07 Å². The van der Waals surface area contributed by atoms with Crippen molar-refractivity contribution in [3.8, 4) is 11.3 Å². The van der Waals surface area contributed by atoms with E-state index in [4.69, 9.17) is 4.74 Å². The number of hydrogen-bond acceptors (Lipinski definition) is 4. The van der Waals surface area contributed by atoms with Gasteiger partial charge in [0.2, 0.25) is 0 Å². The molecule has 2 fully saturated rings. The summed E-state index contributed by atoms with van der Waals surface area (Å²) in [4.78, 5) is 17.1. The molecule has 0 bridgehead atoms. The summed E-state index contributed by atoms with van der Waals surface area (Å²) in [6, 6.07) is 14.7. The highest BCUT2D eigenvalue weighted by Crippen LogP contribution is 2.47. The molecule has 3 aromatic rings. The summed E-state index contributed by atoms with van der Waals surface area (Å²) in [6.45, 7) is 6.99. The van der Waals surface area contributed by atoms with Gasteiger partial charge in [0.1, 0.15) is 0 Å². The zero-order valence-corrected chi connectivity index (χ0v) is 22.7. The molecule has 1 N–H and O–H groups in total. The molecule has 6 nitrogen and oxygen atoms in total. The van der Waals surface area contributed by atoms with Crippen molar-refractivity contribution in [1.29, 1.82) is 0 Å². The van der Waals surface area contributed by atoms with E-state index in [0.29, 0.717) is 17.4 Å². The highest BCUT2D eigenvalue weighted by molar-refractivity contribution is 5.99. The molecule has 1 aliphatic carbocycles. The average Bonchev–Trinajstić information content (AvgIpc) is 3.18. The van der Waals surface area contributed by atoms with Crippen LogP contribution in [0.3, 0.4) is 0 Å². The zero-order chi connectivity index (χ0) is 26.1. The van der Waals surface area contributed by atoms with E-state index in [9.17, 15) is 9.90 Å². The van der Waals surface area contributed by atoms with Gasteiger partial charge >= 0.3 is 5.97 Å². The fourth-order valence-electron chi connectivity index (χ4n) is 7.35. The maximum atomic E-state index is 11.9. The second kappa shape index (κ2) is 11.1. The second-order valence-corrected chi connectivity index (χ2v) is 11.6. The summed E-state index contributed by atoms with van der Waals surface area (Å²) in [7, 11) is 1.81. The summed E-state index contributed by atoms with van der Waals surface area (Å²) in [5.74, 6) is 0.313. The fourth-order valence-corrected chi connectivity index (χ4v) is 7.35. The number of anilines is 1. The number of benzene rings is 2. The standard InChI is InChI=1S/C32H41N3O3/c1-38-22-23-8-7-15-33(21-23)16-17-34-18-19-35-29-20-25(32(36)37)13-14-26(29)30(24-9-3-2-4-10-24)31(35)27-11-5-6-12-28(27)34/h5-6,11-14,20,23-24H,2-4,7-10,15-19,21-22H2,1H3,(H,36,37). The van der Waals surface area contributed by atoms with Crippen LogP contribution in [0.5, 0.6) is 0 Å². The molecule has 1 unspecified atom stereocenters. The normalized spacial score (nSPS) is 20.8. The highest BCUT2D eigenvalue weighted by atomic mass is 16.5. The lowest BCUT2D eigenvalue weighted by Gasteiger charge is -2.34. The van der Waals surface area contributed by atoms with Crippen molar-refractivity contribution in [2.24, 2.45) is 5.92 Å². The molecule has 3 aliphatic rings. The molecular weight excluding hydrogens is 474 g/mol. The Bertz CT molecular complexity index is 1290. The summed E-state index contributed by atoms with van der Waals surface area (Å²) in [5, 5.41) is 11.0. The number of fused-ring (bicyclic) bond motifs is 5. The van der Waals surface area contributed by atoms with Gasteiger partial charge in [0, 0.05) is 62.0 Å². The molecule has 1 saturated heterocycles. The Hall–Kier alpha value is -2.83. The van der Waals surface area contributed by atoms with Crippen LogP contribution in [0.1, 0.15) is 66.8 Å². The number of likely N-dealkylation sites (tertiary alicyclic amines) is 1. The number of methoxy groups -OCH3 is 1. The van der Waals surface area contributed by atoms with Gasteiger partial charge in [0.05, 0.1) is 17.9 Å². The van der Waals surface area contributed by atoms with E-state index in [0.717, 1.165) is 44.8 Å². The van der Waals surface area contributed by atoms with Crippen molar-refractivity contribution in [2.45, 2.75) is 57.4 Å². The van der Waals surface area contributed by atoms with Gasteiger partial charge in [-0.1, -0.05) is 43.5 Å². The molecule has 1 aromatic heterocycles. The van der Waals surface area contributed by atoms with Crippen molar-refractivity contribution < 1.29 is 14.6 Å². The highest BCUT2D eigenvalue weighted by Gasteiger charge is 2.31. The summed E-state index contributed by atoms with van der Waals surface area (Å²) in [6.07, 6.45) is 8.82. The van der Waals surface area contributed by atoms with Crippen LogP contribution in [0.15, 0.2) is 42.5 Å². The van der Waals surface area contributed by atoms with Crippen LogP contribution in [0, 0.1) is 5.92 Å². The van der Waals surface area contributed by atoms with Crippen molar-refractivity contribution in [1.82, 2.24) is 9.47 Å². The number of para-hydroxylation sites is 1. The molecule has 2 aromatic carbocycles. The Morgan fingerprint density at radius 3 is 2.63 bits per heavy atom. The fraction of sp³-hybridized carbons (Fsp3) is 0.531. The summed E-state index contributed by atoms with van der Waals surface area (Å²) >= 11 is 0. The molecule has 6 rings (SSSR count). The van der Waals surface area contributed by atoms with Crippen LogP contribution < -0.4 is 4.90 Å². The minimum Gasteiger partial charge on any atom is -0.478 e. The number of aromatic carboxylic acids is 1. The van der Waals surface area contributed by atoms with Crippen molar-refractivity contribution in [3.05, 3.63) is 53.6 Å². The zero-order valence-electron chi connectivity index (χ0n) is 22.7. The minimum atomic E-state index is -0.856. The average molecular weight is 516 g/mol. The van der Waals surface area contributed by atoms with E-state index < -0.39 is 5.97 Å². The Labute approximate surface area is 226 Å². The first kappa shape index (κ1) is 25.4. The largest absolute Gasteiger partial charge is 0.478 e. The van der Waals surface area contributed by atoms with Crippen LogP contribution in [-0.4, -0.2) is 67.0 Å². The van der Waals surface area contributed by atoms with E-state index in [2.05, 4.69) is 44.7 Å². The van der Waals surface area contributed by atoms with E-state index in [1.807, 2.05) is 13.2 Å². The van der Waals surface area contributed by atoms with Gasteiger partial charge < -0.3 is 24.2 Å².